The fraction of sp³-hybridized carbons (Fsp3) is 0.714. The number of hydrogen-bond donors (Lipinski definition) is 0. The lowest BCUT2D eigenvalue weighted by Crippen LogP contribution is -2.07. The van der Waals surface area contributed by atoms with Crippen LogP contribution in [0.2, 0.25) is 0 Å². The van der Waals surface area contributed by atoms with E-state index in [4.69, 9.17) is 0 Å². The van der Waals surface area contributed by atoms with Crippen LogP contribution >= 0.6 is 0 Å². The van der Waals surface area contributed by atoms with Crippen molar-refractivity contribution in [1.29, 1.82) is 0 Å². The molecule has 0 unspecified atom stereocenters. The van der Waals surface area contributed by atoms with Gasteiger partial charge in [0.05, 0.1) is 0 Å². The Balaban J connectivity index is 3.36. The molecule has 0 saturated carbocycles. The summed E-state index contributed by atoms with van der Waals surface area (Å²) in [4.78, 5) is 0. The minimum absolute atomic E-state index is 0.347. The summed E-state index contributed by atoms with van der Waals surface area (Å²) in [6.45, 7) is 10.2. The molecule has 0 heterocycles. The van der Waals surface area contributed by atoms with Crippen molar-refractivity contribution in [1.82, 2.24) is 0 Å². The average molecular weight is 98.2 g/mol. The molecular weight excluding hydrogens is 84.1 g/mol. The standard InChI is InChI=1S/C7H14/c1-5-7(3,4)6-2/h6H,1,5H2,2-4H3. The fourth-order valence-electron chi connectivity index (χ4n) is 0.144. The van der Waals surface area contributed by atoms with Gasteiger partial charge in [0.1, 0.15) is 0 Å². The Labute approximate surface area is 46.9 Å². The van der Waals surface area contributed by atoms with Crippen molar-refractivity contribution in [3.8, 4) is 0 Å². The van der Waals surface area contributed by atoms with Gasteiger partial charge in [-0.1, -0.05) is 27.7 Å². The molecule has 0 heteroatoms. The zero-order valence-corrected chi connectivity index (χ0v) is 5.49. The van der Waals surface area contributed by atoms with Gasteiger partial charge in [-0.2, -0.15) is 0 Å². The summed E-state index contributed by atoms with van der Waals surface area (Å²) in [7, 11) is 0. The van der Waals surface area contributed by atoms with Gasteiger partial charge in [-0.05, 0) is 18.3 Å². The van der Waals surface area contributed by atoms with Crippen LogP contribution < -0.4 is 0 Å². The summed E-state index contributed by atoms with van der Waals surface area (Å²) < 4.78 is 0. The molecule has 0 aliphatic carbocycles. The maximum Gasteiger partial charge on any atom is -0.0326 e. The van der Waals surface area contributed by atoms with Gasteiger partial charge in [0, 0.05) is 0 Å². The van der Waals surface area contributed by atoms with Crippen LogP contribution in [-0.4, -0.2) is 0 Å². The van der Waals surface area contributed by atoms with Crippen LogP contribution in [0.4, 0.5) is 0 Å². The van der Waals surface area contributed by atoms with Gasteiger partial charge in [-0.25, -0.2) is 0 Å². The van der Waals surface area contributed by atoms with E-state index in [9.17, 15) is 0 Å². The summed E-state index contributed by atoms with van der Waals surface area (Å²) >= 11 is 0. The average Bonchev–Trinajstić information content (AvgIpc) is 1.68. The van der Waals surface area contributed by atoms with Crippen molar-refractivity contribution in [3.63, 3.8) is 0 Å². The monoisotopic (exact) mass is 98.1 g/mol. The smallest absolute Gasteiger partial charge is 0.0326 e. The Hall–Kier alpha value is 0. The maximum atomic E-state index is 3.80. The second-order valence-electron chi connectivity index (χ2n) is 2.53. The molecule has 0 rings (SSSR count). The Morgan fingerprint density at radius 3 is 2.00 bits per heavy atom. The predicted octanol–water partition coefficient (Wildman–Crippen LogP) is 2.46. The minimum atomic E-state index is 0.347. The van der Waals surface area contributed by atoms with Crippen LogP contribution in [0.3, 0.4) is 0 Å². The van der Waals surface area contributed by atoms with Crippen molar-refractivity contribution >= 4 is 0 Å². The first-order valence-corrected chi connectivity index (χ1v) is 2.72. The van der Waals surface area contributed by atoms with E-state index in [0.717, 1.165) is 6.42 Å². The van der Waals surface area contributed by atoms with Gasteiger partial charge >= 0.3 is 0 Å². The Bertz CT molecular complexity index is 38.0. The van der Waals surface area contributed by atoms with Crippen molar-refractivity contribution < 1.29 is 0 Å². The van der Waals surface area contributed by atoms with E-state index in [1.165, 1.54) is 0 Å². The molecular formula is C7H14. The van der Waals surface area contributed by atoms with Crippen LogP contribution in [-0.2, 0) is 0 Å². The first-order chi connectivity index (χ1) is 3.12. The number of hydrogen-bond acceptors (Lipinski definition) is 0. The van der Waals surface area contributed by atoms with Gasteiger partial charge in [0.2, 0.25) is 0 Å². The summed E-state index contributed by atoms with van der Waals surface area (Å²) in [5.41, 5.74) is 0.347. The molecule has 0 aromatic carbocycles. The lowest BCUT2D eigenvalue weighted by Gasteiger charge is -2.18. The van der Waals surface area contributed by atoms with E-state index in [2.05, 4.69) is 34.1 Å². The fourth-order valence-corrected chi connectivity index (χ4v) is 0.144. The molecule has 0 bridgehead atoms. The van der Waals surface area contributed by atoms with E-state index < -0.39 is 0 Å². The third kappa shape index (κ3) is 2.67. The highest BCUT2D eigenvalue weighted by molar-refractivity contribution is 4.80. The van der Waals surface area contributed by atoms with E-state index in [-0.39, 0.29) is 0 Å². The highest BCUT2D eigenvalue weighted by atomic mass is 14.1. The molecule has 0 aromatic rings. The van der Waals surface area contributed by atoms with Gasteiger partial charge in [-0.15, -0.1) is 0 Å². The third-order valence-corrected chi connectivity index (χ3v) is 1.43. The lowest BCUT2D eigenvalue weighted by atomic mass is 9.88. The predicted molar refractivity (Wildman–Crippen MR) is 33.7 cm³/mol. The zero-order chi connectivity index (χ0) is 5.91. The van der Waals surface area contributed by atoms with Crippen LogP contribution in [0, 0.1) is 18.8 Å². The first kappa shape index (κ1) is 7.00. The zero-order valence-electron chi connectivity index (χ0n) is 5.49. The molecule has 0 amide bonds. The van der Waals surface area contributed by atoms with Gasteiger partial charge in [-0.3, -0.25) is 0 Å². The Morgan fingerprint density at radius 2 is 2.00 bits per heavy atom. The molecule has 0 fully saturated rings. The third-order valence-electron chi connectivity index (χ3n) is 1.43. The molecule has 2 radical (unpaired) electrons. The van der Waals surface area contributed by atoms with Crippen LogP contribution in [0.1, 0.15) is 27.2 Å². The molecule has 0 aromatic heterocycles. The van der Waals surface area contributed by atoms with Crippen molar-refractivity contribution in [2.24, 2.45) is 5.41 Å². The summed E-state index contributed by atoms with van der Waals surface area (Å²) in [5, 5.41) is 0. The van der Waals surface area contributed by atoms with E-state index in [1.54, 1.807) is 0 Å². The quantitative estimate of drug-likeness (QED) is 0.497. The molecule has 0 spiro atoms. The summed E-state index contributed by atoms with van der Waals surface area (Å²) in [5.74, 6) is 0. The highest BCUT2D eigenvalue weighted by Crippen LogP contribution is 2.21. The van der Waals surface area contributed by atoms with Gasteiger partial charge in [0.15, 0.2) is 0 Å². The van der Waals surface area contributed by atoms with Crippen molar-refractivity contribution in [3.05, 3.63) is 13.3 Å². The molecule has 0 nitrogen and oxygen atoms in total. The summed E-state index contributed by atoms with van der Waals surface area (Å²) in [6.07, 6.45) is 3.17. The second kappa shape index (κ2) is 2.34. The molecule has 0 saturated heterocycles. The Kier molecular flexibility index (Phi) is 2.34. The molecule has 0 atom stereocenters. The normalized spacial score (nSPS) is 12.0. The van der Waals surface area contributed by atoms with Crippen LogP contribution in [0.15, 0.2) is 0 Å². The van der Waals surface area contributed by atoms with Crippen LogP contribution in [0.5, 0.6) is 0 Å². The summed E-state index contributed by atoms with van der Waals surface area (Å²) in [6, 6.07) is 0. The molecule has 42 valence electrons. The van der Waals surface area contributed by atoms with Crippen LogP contribution in [0.25, 0.3) is 0 Å². The van der Waals surface area contributed by atoms with Crippen molar-refractivity contribution in [2.45, 2.75) is 27.2 Å². The van der Waals surface area contributed by atoms with Crippen molar-refractivity contribution in [2.75, 3.05) is 0 Å². The molecule has 0 aliphatic heterocycles. The molecule has 0 aliphatic rings. The largest absolute Gasteiger partial charge is 0.0617 e. The SMILES string of the molecule is [CH2]CC(C)(C)[CH]C. The highest BCUT2D eigenvalue weighted by Gasteiger charge is 2.10. The topological polar surface area (TPSA) is 0 Å². The minimum Gasteiger partial charge on any atom is -0.0617 e. The van der Waals surface area contributed by atoms with E-state index in [1.807, 2.05) is 0 Å². The molecule has 0 N–H and O–H groups in total. The molecule has 7 heavy (non-hydrogen) atoms. The van der Waals surface area contributed by atoms with Gasteiger partial charge < -0.3 is 0 Å². The Morgan fingerprint density at radius 1 is 1.57 bits per heavy atom. The first-order valence-electron chi connectivity index (χ1n) is 2.72. The van der Waals surface area contributed by atoms with E-state index >= 15 is 0 Å². The second-order valence-corrected chi connectivity index (χ2v) is 2.53. The van der Waals surface area contributed by atoms with E-state index in [0.29, 0.717) is 5.41 Å². The lowest BCUT2D eigenvalue weighted by molar-refractivity contribution is 0.444. The van der Waals surface area contributed by atoms with Gasteiger partial charge in [0.25, 0.3) is 0 Å². The number of rotatable bonds is 2. The maximum absolute atomic E-state index is 3.80.